The fraction of sp³-hybridized carbons (Fsp3) is 0.923. The zero-order valence-electron chi connectivity index (χ0n) is 11.6. The van der Waals surface area contributed by atoms with E-state index >= 15 is 0 Å². The number of cyclic esters (lactones) is 1. The standard InChI is InChI=1S/C13H24O5/c1-8(7-14)5-10(16-3)12-11(17-4)6-9(2)13(15)18-12/h8-12,14H,5-7H2,1-4H3/t8-,9-,10+,11+,12-/m1/s1. The van der Waals surface area contributed by atoms with Gasteiger partial charge in [0.05, 0.1) is 18.1 Å². The van der Waals surface area contributed by atoms with Crippen molar-refractivity contribution in [2.45, 2.75) is 45.0 Å². The Kier molecular flexibility index (Phi) is 6.05. The largest absolute Gasteiger partial charge is 0.457 e. The number of esters is 1. The van der Waals surface area contributed by atoms with Crippen molar-refractivity contribution in [1.29, 1.82) is 0 Å². The molecule has 0 saturated carbocycles. The molecule has 0 spiro atoms. The number of aliphatic hydroxyl groups excluding tert-OH is 1. The summed E-state index contributed by atoms with van der Waals surface area (Å²) in [4.78, 5) is 11.7. The van der Waals surface area contributed by atoms with Gasteiger partial charge in [-0.3, -0.25) is 4.79 Å². The van der Waals surface area contributed by atoms with Crippen LogP contribution >= 0.6 is 0 Å². The number of ether oxygens (including phenoxy) is 3. The van der Waals surface area contributed by atoms with E-state index in [1.807, 2.05) is 13.8 Å². The van der Waals surface area contributed by atoms with Crippen molar-refractivity contribution in [1.82, 2.24) is 0 Å². The molecule has 1 saturated heterocycles. The lowest BCUT2D eigenvalue weighted by Gasteiger charge is -2.37. The molecule has 5 atom stereocenters. The molecule has 106 valence electrons. The second-order valence-electron chi connectivity index (χ2n) is 5.11. The van der Waals surface area contributed by atoms with Gasteiger partial charge in [0.2, 0.25) is 0 Å². The molecule has 0 unspecified atom stereocenters. The summed E-state index contributed by atoms with van der Waals surface area (Å²) in [6.45, 7) is 3.86. The van der Waals surface area contributed by atoms with Crippen LogP contribution in [0.3, 0.4) is 0 Å². The Bertz CT molecular complexity index is 268. The Hall–Kier alpha value is -0.650. The Balaban J connectivity index is 2.72. The van der Waals surface area contributed by atoms with E-state index in [9.17, 15) is 4.79 Å². The SMILES string of the molecule is CO[C@@H](C[C@@H](C)CO)[C@H]1OC(=O)[C@H](C)C[C@@H]1OC. The van der Waals surface area contributed by atoms with Gasteiger partial charge in [0.25, 0.3) is 0 Å². The molecule has 0 aliphatic carbocycles. The number of aliphatic hydroxyl groups is 1. The third kappa shape index (κ3) is 3.67. The van der Waals surface area contributed by atoms with Crippen LogP contribution in [0.1, 0.15) is 26.7 Å². The van der Waals surface area contributed by atoms with Gasteiger partial charge in [-0.2, -0.15) is 0 Å². The lowest BCUT2D eigenvalue weighted by molar-refractivity contribution is -0.189. The summed E-state index contributed by atoms with van der Waals surface area (Å²) in [6.07, 6.45) is 0.506. The first-order valence-electron chi connectivity index (χ1n) is 6.40. The van der Waals surface area contributed by atoms with E-state index in [1.54, 1.807) is 14.2 Å². The van der Waals surface area contributed by atoms with Gasteiger partial charge in [0, 0.05) is 20.8 Å². The Morgan fingerprint density at radius 2 is 2.17 bits per heavy atom. The summed E-state index contributed by atoms with van der Waals surface area (Å²) in [5.74, 6) is -0.239. The molecule has 1 aliphatic rings. The molecule has 18 heavy (non-hydrogen) atoms. The molecule has 5 heteroatoms. The van der Waals surface area contributed by atoms with E-state index in [0.717, 1.165) is 0 Å². The summed E-state index contributed by atoms with van der Waals surface area (Å²) < 4.78 is 16.2. The molecule has 0 amide bonds. The maximum atomic E-state index is 11.7. The average Bonchev–Trinajstić information content (AvgIpc) is 2.38. The normalized spacial score (nSPS) is 31.8. The molecule has 1 rings (SSSR count). The Morgan fingerprint density at radius 1 is 1.50 bits per heavy atom. The number of rotatable bonds is 6. The van der Waals surface area contributed by atoms with E-state index in [2.05, 4.69) is 0 Å². The van der Waals surface area contributed by atoms with Crippen LogP contribution in [0.5, 0.6) is 0 Å². The summed E-state index contributed by atoms with van der Waals surface area (Å²) in [5, 5.41) is 9.10. The van der Waals surface area contributed by atoms with Crippen LogP contribution in [-0.2, 0) is 19.0 Å². The predicted octanol–water partition coefficient (Wildman–Crippen LogP) is 0.986. The molecule has 0 radical (unpaired) electrons. The fourth-order valence-corrected chi connectivity index (χ4v) is 2.29. The lowest BCUT2D eigenvalue weighted by Crippen LogP contribution is -2.49. The van der Waals surface area contributed by atoms with Crippen LogP contribution in [0.15, 0.2) is 0 Å². The van der Waals surface area contributed by atoms with Crippen molar-refractivity contribution in [3.8, 4) is 0 Å². The van der Waals surface area contributed by atoms with Gasteiger partial charge < -0.3 is 19.3 Å². The Morgan fingerprint density at radius 3 is 2.67 bits per heavy atom. The van der Waals surface area contributed by atoms with Crippen LogP contribution < -0.4 is 0 Å². The highest BCUT2D eigenvalue weighted by Crippen LogP contribution is 2.28. The molecule has 0 aromatic carbocycles. The van der Waals surface area contributed by atoms with E-state index in [1.165, 1.54) is 0 Å². The molecule has 0 aromatic heterocycles. The van der Waals surface area contributed by atoms with Crippen molar-refractivity contribution in [2.75, 3.05) is 20.8 Å². The van der Waals surface area contributed by atoms with Crippen molar-refractivity contribution in [3.63, 3.8) is 0 Å². The Labute approximate surface area is 108 Å². The van der Waals surface area contributed by atoms with Crippen molar-refractivity contribution in [3.05, 3.63) is 0 Å². The number of carbonyl (C=O) groups is 1. The van der Waals surface area contributed by atoms with Crippen LogP contribution in [0.2, 0.25) is 0 Å². The molecular weight excluding hydrogens is 236 g/mol. The van der Waals surface area contributed by atoms with Crippen molar-refractivity contribution in [2.24, 2.45) is 11.8 Å². The van der Waals surface area contributed by atoms with Crippen LogP contribution in [0.25, 0.3) is 0 Å². The van der Waals surface area contributed by atoms with E-state index in [0.29, 0.717) is 12.8 Å². The summed E-state index contributed by atoms with van der Waals surface area (Å²) in [5.41, 5.74) is 0. The van der Waals surface area contributed by atoms with Gasteiger partial charge in [-0.15, -0.1) is 0 Å². The number of hydrogen-bond acceptors (Lipinski definition) is 5. The maximum Gasteiger partial charge on any atom is 0.309 e. The third-order valence-corrected chi connectivity index (χ3v) is 3.53. The van der Waals surface area contributed by atoms with E-state index in [-0.39, 0.29) is 36.6 Å². The van der Waals surface area contributed by atoms with Gasteiger partial charge >= 0.3 is 5.97 Å². The fourth-order valence-electron chi connectivity index (χ4n) is 2.29. The highest BCUT2D eigenvalue weighted by Gasteiger charge is 2.40. The molecule has 0 bridgehead atoms. The minimum absolute atomic E-state index is 0.0918. The zero-order chi connectivity index (χ0) is 13.7. The number of hydrogen-bond donors (Lipinski definition) is 1. The summed E-state index contributed by atoms with van der Waals surface area (Å²) in [6, 6.07) is 0. The first-order chi connectivity index (χ1) is 8.53. The van der Waals surface area contributed by atoms with Gasteiger partial charge in [-0.1, -0.05) is 13.8 Å². The summed E-state index contributed by atoms with van der Waals surface area (Å²) >= 11 is 0. The predicted molar refractivity (Wildman–Crippen MR) is 66.1 cm³/mol. The first-order valence-corrected chi connectivity index (χ1v) is 6.40. The second kappa shape index (κ2) is 7.07. The van der Waals surface area contributed by atoms with Gasteiger partial charge in [0.15, 0.2) is 6.10 Å². The highest BCUT2D eigenvalue weighted by atomic mass is 16.6. The smallest absolute Gasteiger partial charge is 0.309 e. The minimum Gasteiger partial charge on any atom is -0.457 e. The third-order valence-electron chi connectivity index (χ3n) is 3.53. The zero-order valence-corrected chi connectivity index (χ0v) is 11.6. The topological polar surface area (TPSA) is 65.0 Å². The molecule has 1 heterocycles. The summed E-state index contributed by atoms with van der Waals surface area (Å²) in [7, 11) is 3.21. The van der Waals surface area contributed by atoms with Gasteiger partial charge in [-0.05, 0) is 18.8 Å². The highest BCUT2D eigenvalue weighted by molar-refractivity contribution is 5.73. The molecule has 1 N–H and O–H groups in total. The van der Waals surface area contributed by atoms with Crippen molar-refractivity contribution >= 4 is 5.97 Å². The average molecular weight is 260 g/mol. The quantitative estimate of drug-likeness (QED) is 0.721. The number of carbonyl (C=O) groups excluding carboxylic acids is 1. The second-order valence-corrected chi connectivity index (χ2v) is 5.11. The van der Waals surface area contributed by atoms with Crippen molar-refractivity contribution < 1.29 is 24.1 Å². The first kappa shape index (κ1) is 15.4. The monoisotopic (exact) mass is 260 g/mol. The van der Waals surface area contributed by atoms with Gasteiger partial charge in [-0.25, -0.2) is 0 Å². The molecule has 1 aliphatic heterocycles. The van der Waals surface area contributed by atoms with E-state index < -0.39 is 6.10 Å². The molecule has 0 aromatic rings. The minimum atomic E-state index is -0.391. The van der Waals surface area contributed by atoms with Crippen LogP contribution in [0, 0.1) is 11.8 Å². The maximum absolute atomic E-state index is 11.7. The van der Waals surface area contributed by atoms with Gasteiger partial charge in [0.1, 0.15) is 0 Å². The van der Waals surface area contributed by atoms with E-state index in [4.69, 9.17) is 19.3 Å². The molecular formula is C13H24O5. The van der Waals surface area contributed by atoms with Crippen LogP contribution in [0.4, 0.5) is 0 Å². The van der Waals surface area contributed by atoms with Crippen LogP contribution in [-0.4, -0.2) is 50.2 Å². The molecule has 5 nitrogen and oxygen atoms in total. The number of methoxy groups -OCH3 is 2. The lowest BCUT2D eigenvalue weighted by atomic mass is 9.90. The molecule has 1 fully saturated rings.